The van der Waals surface area contributed by atoms with Gasteiger partial charge >= 0.3 is 0 Å². The molecular formula is C27H30BN. The Morgan fingerprint density at radius 3 is 0.724 bits per heavy atom. The van der Waals surface area contributed by atoms with Crippen molar-refractivity contribution in [1.82, 2.24) is 0 Å². The van der Waals surface area contributed by atoms with Crippen molar-refractivity contribution in [2.75, 3.05) is 21.1 Å². The third-order valence-electron chi connectivity index (χ3n) is 5.20. The van der Waals surface area contributed by atoms with E-state index >= 15 is 0 Å². The van der Waals surface area contributed by atoms with Gasteiger partial charge in [-0.2, -0.15) is 21.9 Å². The normalized spacial score (nSPS) is 10.9. The molecule has 146 valence electrons. The summed E-state index contributed by atoms with van der Waals surface area (Å²) in [5.74, 6) is 0. The maximum atomic E-state index is 2.26. The topological polar surface area (TPSA) is 4.44 Å². The van der Waals surface area contributed by atoms with Crippen LogP contribution in [0.2, 0.25) is 0 Å². The molecule has 4 rings (SSSR count). The number of hydrogen-bond acceptors (Lipinski definition) is 0. The lowest BCUT2D eigenvalue weighted by molar-refractivity contribution is -0.836. The van der Waals surface area contributed by atoms with Crippen LogP contribution in [0, 0.1) is 0 Å². The van der Waals surface area contributed by atoms with E-state index in [1.165, 1.54) is 26.8 Å². The number of quaternary nitrogens is 1. The van der Waals surface area contributed by atoms with Crippen molar-refractivity contribution in [3.05, 3.63) is 121 Å². The second-order valence-electron chi connectivity index (χ2n) is 8.01. The van der Waals surface area contributed by atoms with Crippen LogP contribution in [-0.2, 0) is 0 Å². The fourth-order valence-corrected chi connectivity index (χ4v) is 4.12. The van der Waals surface area contributed by atoms with Crippen molar-refractivity contribution in [3.8, 4) is 0 Å². The SMILES string of the molecule is C[NH+](C)C.c1ccc([B-](c2ccccc2)(c2ccccc2)c2ccccc2)cc1. The summed E-state index contributed by atoms with van der Waals surface area (Å²) in [6.07, 6.45) is -1.22. The average molecular weight is 379 g/mol. The van der Waals surface area contributed by atoms with Gasteiger partial charge < -0.3 is 4.90 Å². The molecule has 0 unspecified atom stereocenters. The maximum Gasteiger partial charge on any atom is 0.108 e. The number of rotatable bonds is 4. The Labute approximate surface area is 175 Å². The van der Waals surface area contributed by atoms with Crippen molar-refractivity contribution < 1.29 is 4.90 Å². The van der Waals surface area contributed by atoms with Crippen LogP contribution in [0.25, 0.3) is 0 Å². The van der Waals surface area contributed by atoms with Gasteiger partial charge in [0.15, 0.2) is 0 Å². The van der Waals surface area contributed by atoms with E-state index in [9.17, 15) is 0 Å². The monoisotopic (exact) mass is 379 g/mol. The molecule has 1 nitrogen and oxygen atoms in total. The molecule has 0 bridgehead atoms. The quantitative estimate of drug-likeness (QED) is 0.516. The fourth-order valence-electron chi connectivity index (χ4n) is 4.12. The summed E-state index contributed by atoms with van der Waals surface area (Å²) < 4.78 is 0. The van der Waals surface area contributed by atoms with Crippen LogP contribution in [-0.4, -0.2) is 27.3 Å². The van der Waals surface area contributed by atoms with Crippen LogP contribution in [0.5, 0.6) is 0 Å². The van der Waals surface area contributed by atoms with E-state index in [2.05, 4.69) is 142 Å². The standard InChI is InChI=1S/C24H20B.C3H9N/c1-5-13-21(14-6-1)25(22-15-7-2-8-16-22,23-17-9-3-10-18-23)24-19-11-4-12-20-24;1-4(2)3/h1-20H;1-3H3/q-1;/p+1. The summed E-state index contributed by atoms with van der Waals surface area (Å²) in [7, 11) is 6.25. The number of nitrogens with one attached hydrogen (secondary N) is 1. The van der Waals surface area contributed by atoms with Crippen molar-refractivity contribution in [2.45, 2.75) is 0 Å². The van der Waals surface area contributed by atoms with E-state index in [1.807, 2.05) is 0 Å². The highest BCUT2D eigenvalue weighted by molar-refractivity contribution is 7.19. The highest BCUT2D eigenvalue weighted by atomic mass is 15.0. The molecule has 0 aromatic heterocycles. The Morgan fingerprint density at radius 1 is 0.379 bits per heavy atom. The largest absolute Gasteiger partial charge is 0.342 e. The van der Waals surface area contributed by atoms with Gasteiger partial charge in [-0.15, -0.1) is 0 Å². The van der Waals surface area contributed by atoms with Crippen LogP contribution in [0.15, 0.2) is 121 Å². The fraction of sp³-hybridized carbons (Fsp3) is 0.111. The molecule has 0 aliphatic carbocycles. The summed E-state index contributed by atoms with van der Waals surface area (Å²) in [6.45, 7) is 0. The molecule has 1 N–H and O–H groups in total. The Morgan fingerprint density at radius 2 is 0.552 bits per heavy atom. The third-order valence-corrected chi connectivity index (χ3v) is 5.20. The number of benzene rings is 4. The second kappa shape index (κ2) is 9.91. The Bertz CT molecular complexity index is 802. The van der Waals surface area contributed by atoms with Crippen LogP contribution >= 0.6 is 0 Å². The average Bonchev–Trinajstić information content (AvgIpc) is 2.77. The predicted molar refractivity (Wildman–Crippen MR) is 129 cm³/mol. The molecule has 2 heteroatoms. The Kier molecular flexibility index (Phi) is 7.05. The van der Waals surface area contributed by atoms with Gasteiger partial charge in [0, 0.05) is 0 Å². The maximum absolute atomic E-state index is 2.26. The minimum absolute atomic E-state index is 1.22. The zero-order chi connectivity index (χ0) is 20.5. The van der Waals surface area contributed by atoms with E-state index in [4.69, 9.17) is 0 Å². The molecule has 4 aromatic carbocycles. The second-order valence-corrected chi connectivity index (χ2v) is 8.01. The molecule has 0 saturated heterocycles. The summed E-state index contributed by atoms with van der Waals surface area (Å²) in [5.41, 5.74) is 5.36. The Hall–Kier alpha value is -3.10. The zero-order valence-electron chi connectivity index (χ0n) is 17.6. The highest BCUT2D eigenvalue weighted by Crippen LogP contribution is 2.09. The van der Waals surface area contributed by atoms with E-state index in [1.54, 1.807) is 0 Å². The lowest BCUT2D eigenvalue weighted by Gasteiger charge is -2.44. The van der Waals surface area contributed by atoms with Gasteiger partial charge in [0.2, 0.25) is 0 Å². The van der Waals surface area contributed by atoms with Crippen molar-refractivity contribution in [2.24, 2.45) is 0 Å². The van der Waals surface area contributed by atoms with E-state index in [0.29, 0.717) is 0 Å². The first-order chi connectivity index (χ1) is 14.2. The minimum Gasteiger partial charge on any atom is -0.342 e. The molecular weight excluding hydrogens is 349 g/mol. The van der Waals surface area contributed by atoms with Gasteiger partial charge in [0.05, 0.1) is 21.1 Å². The van der Waals surface area contributed by atoms with Crippen LogP contribution in [0.3, 0.4) is 0 Å². The van der Waals surface area contributed by atoms with Gasteiger partial charge in [0.25, 0.3) is 0 Å². The lowest BCUT2D eigenvalue weighted by Crippen LogP contribution is -3.02. The van der Waals surface area contributed by atoms with Gasteiger partial charge in [-0.3, -0.25) is 0 Å². The number of hydrogen-bond donors (Lipinski definition) is 1. The van der Waals surface area contributed by atoms with Crippen molar-refractivity contribution >= 4 is 28.0 Å². The van der Waals surface area contributed by atoms with Crippen molar-refractivity contribution in [3.63, 3.8) is 0 Å². The third kappa shape index (κ3) is 4.67. The van der Waals surface area contributed by atoms with Gasteiger partial charge in [-0.05, 0) is 0 Å². The molecule has 0 aliphatic rings. The van der Waals surface area contributed by atoms with E-state index in [0.717, 1.165) is 0 Å². The zero-order valence-corrected chi connectivity index (χ0v) is 17.6. The molecule has 0 spiro atoms. The lowest BCUT2D eigenvalue weighted by atomic mass is 9.13. The first-order valence-corrected chi connectivity index (χ1v) is 10.3. The van der Waals surface area contributed by atoms with Crippen LogP contribution < -0.4 is 26.8 Å². The van der Waals surface area contributed by atoms with Crippen LogP contribution in [0.4, 0.5) is 0 Å². The molecule has 0 atom stereocenters. The molecule has 0 fully saturated rings. The Balaban J connectivity index is 0.000000552. The van der Waals surface area contributed by atoms with Gasteiger partial charge in [0.1, 0.15) is 6.15 Å². The first-order valence-electron chi connectivity index (χ1n) is 10.3. The smallest absolute Gasteiger partial charge is 0.108 e. The van der Waals surface area contributed by atoms with Gasteiger partial charge in [-0.25, -0.2) is 0 Å². The van der Waals surface area contributed by atoms with Crippen LogP contribution in [0.1, 0.15) is 0 Å². The van der Waals surface area contributed by atoms with Gasteiger partial charge in [-0.1, -0.05) is 121 Å². The molecule has 0 amide bonds. The summed E-state index contributed by atoms with van der Waals surface area (Å²) in [4.78, 5) is 1.42. The van der Waals surface area contributed by atoms with E-state index in [-0.39, 0.29) is 0 Å². The summed E-state index contributed by atoms with van der Waals surface area (Å²) >= 11 is 0. The minimum atomic E-state index is -1.22. The molecule has 0 radical (unpaired) electrons. The molecule has 0 heterocycles. The molecule has 29 heavy (non-hydrogen) atoms. The highest BCUT2D eigenvalue weighted by Gasteiger charge is 2.30. The molecule has 0 saturated carbocycles. The predicted octanol–water partition coefficient (Wildman–Crippen LogP) is 1.82. The molecule has 0 aliphatic heterocycles. The van der Waals surface area contributed by atoms with E-state index < -0.39 is 6.15 Å². The summed E-state index contributed by atoms with van der Waals surface area (Å²) in [5, 5.41) is 0. The molecule has 4 aromatic rings. The first kappa shape index (κ1) is 20.6. The van der Waals surface area contributed by atoms with Crippen molar-refractivity contribution in [1.29, 1.82) is 0 Å². The summed E-state index contributed by atoms with van der Waals surface area (Å²) in [6, 6.07) is 43.5.